The summed E-state index contributed by atoms with van der Waals surface area (Å²) in [6.07, 6.45) is 4.45. The summed E-state index contributed by atoms with van der Waals surface area (Å²) in [7, 11) is 0. The first-order valence-electron chi connectivity index (χ1n) is 10.6. The Balaban J connectivity index is 1.88. The van der Waals surface area contributed by atoms with Gasteiger partial charge in [0.15, 0.2) is 5.16 Å². The number of benzene rings is 2. The maximum atomic E-state index is 13.9. The summed E-state index contributed by atoms with van der Waals surface area (Å²) in [5.41, 5.74) is 5.26. The van der Waals surface area contributed by atoms with Gasteiger partial charge in [-0.2, -0.15) is 0 Å². The average Bonchev–Trinajstić information content (AvgIpc) is 2.77. The summed E-state index contributed by atoms with van der Waals surface area (Å²) in [6.45, 7) is 8.86. The molecule has 1 aliphatic rings. The largest absolute Gasteiger partial charge is 0.287 e. The van der Waals surface area contributed by atoms with Crippen LogP contribution in [0.15, 0.2) is 77.2 Å². The molecule has 154 valence electrons. The summed E-state index contributed by atoms with van der Waals surface area (Å²) in [4.78, 5) is 19.0. The number of hydrogen-bond donors (Lipinski definition) is 0. The number of fused-ring (bicyclic) bond motifs is 3. The van der Waals surface area contributed by atoms with E-state index in [9.17, 15) is 4.79 Å². The van der Waals surface area contributed by atoms with Gasteiger partial charge in [0.1, 0.15) is 0 Å². The third-order valence-corrected chi connectivity index (χ3v) is 7.14. The summed E-state index contributed by atoms with van der Waals surface area (Å²) in [5.74, 6) is 0.725. The molecular formula is C26H28N2OS. The Morgan fingerprint density at radius 3 is 2.63 bits per heavy atom. The average molecular weight is 417 g/mol. The normalized spacial score (nSPS) is 17.3. The van der Waals surface area contributed by atoms with E-state index in [0.29, 0.717) is 6.54 Å². The van der Waals surface area contributed by atoms with Crippen LogP contribution >= 0.6 is 11.8 Å². The van der Waals surface area contributed by atoms with Crippen LogP contribution in [0.4, 0.5) is 0 Å². The second-order valence-electron chi connectivity index (χ2n) is 8.16. The molecule has 0 saturated carbocycles. The molecule has 3 aromatic rings. The fourth-order valence-electron chi connectivity index (χ4n) is 4.32. The number of nitrogens with zero attached hydrogens (tertiary/aromatic N) is 2. The first-order valence-corrected chi connectivity index (χ1v) is 11.6. The molecule has 0 bridgehead atoms. The van der Waals surface area contributed by atoms with Crippen molar-refractivity contribution in [2.24, 2.45) is 0 Å². The van der Waals surface area contributed by atoms with Crippen LogP contribution in [0.5, 0.6) is 0 Å². The predicted molar refractivity (Wildman–Crippen MR) is 126 cm³/mol. The summed E-state index contributed by atoms with van der Waals surface area (Å²) < 4.78 is 1.89. The number of thioether (sulfide) groups is 1. The molecule has 1 atom stereocenters. The maximum Gasteiger partial charge on any atom is 0.258 e. The van der Waals surface area contributed by atoms with Gasteiger partial charge in [0.05, 0.1) is 11.3 Å². The van der Waals surface area contributed by atoms with Gasteiger partial charge in [0.25, 0.3) is 5.56 Å². The molecule has 0 aliphatic heterocycles. The van der Waals surface area contributed by atoms with E-state index in [1.165, 1.54) is 11.1 Å². The Bertz CT molecular complexity index is 1120. The van der Waals surface area contributed by atoms with E-state index in [1.807, 2.05) is 34.9 Å². The fraction of sp³-hybridized carbons (Fsp3) is 0.308. The topological polar surface area (TPSA) is 34.9 Å². The monoisotopic (exact) mass is 416 g/mol. The van der Waals surface area contributed by atoms with Crippen LogP contribution in [0.2, 0.25) is 0 Å². The first-order chi connectivity index (χ1) is 14.6. The van der Waals surface area contributed by atoms with Crippen molar-refractivity contribution in [1.82, 2.24) is 9.55 Å². The zero-order valence-corrected chi connectivity index (χ0v) is 18.5. The number of aromatic nitrogens is 2. The van der Waals surface area contributed by atoms with Crippen molar-refractivity contribution in [3.8, 4) is 11.3 Å². The van der Waals surface area contributed by atoms with E-state index in [-0.39, 0.29) is 11.0 Å². The van der Waals surface area contributed by atoms with Crippen molar-refractivity contribution in [3.05, 3.63) is 94.3 Å². The van der Waals surface area contributed by atoms with E-state index in [1.54, 1.807) is 11.8 Å². The van der Waals surface area contributed by atoms with Crippen LogP contribution in [0, 0.1) is 0 Å². The Kier molecular flexibility index (Phi) is 5.96. The zero-order valence-electron chi connectivity index (χ0n) is 17.7. The second kappa shape index (κ2) is 8.65. The van der Waals surface area contributed by atoms with Gasteiger partial charge in [0, 0.05) is 23.3 Å². The highest BCUT2D eigenvalue weighted by atomic mass is 32.2. The second-order valence-corrected chi connectivity index (χ2v) is 9.15. The summed E-state index contributed by atoms with van der Waals surface area (Å²) in [6, 6.07) is 18.7. The highest BCUT2D eigenvalue weighted by molar-refractivity contribution is 7.99. The molecular weight excluding hydrogens is 388 g/mol. The van der Waals surface area contributed by atoms with Gasteiger partial charge in [-0.3, -0.25) is 9.36 Å². The molecule has 2 aromatic carbocycles. The van der Waals surface area contributed by atoms with Gasteiger partial charge in [-0.25, -0.2) is 4.98 Å². The van der Waals surface area contributed by atoms with Crippen LogP contribution in [-0.2, 0) is 24.8 Å². The third-order valence-electron chi connectivity index (χ3n) is 6.17. The van der Waals surface area contributed by atoms with Gasteiger partial charge < -0.3 is 0 Å². The fourth-order valence-corrected chi connectivity index (χ4v) is 5.07. The quantitative estimate of drug-likeness (QED) is 0.283. The van der Waals surface area contributed by atoms with E-state index in [4.69, 9.17) is 4.98 Å². The maximum absolute atomic E-state index is 13.9. The molecule has 1 aromatic heterocycles. The van der Waals surface area contributed by atoms with Crippen molar-refractivity contribution in [1.29, 1.82) is 0 Å². The van der Waals surface area contributed by atoms with Crippen LogP contribution in [-0.4, -0.2) is 15.3 Å². The number of aryl methyl sites for hydroxylation is 1. The zero-order chi connectivity index (χ0) is 21.1. The Morgan fingerprint density at radius 1 is 1.17 bits per heavy atom. The molecule has 0 unspecified atom stereocenters. The van der Waals surface area contributed by atoms with Crippen molar-refractivity contribution in [2.75, 3.05) is 5.75 Å². The van der Waals surface area contributed by atoms with Crippen molar-refractivity contribution in [2.45, 2.75) is 50.2 Å². The lowest BCUT2D eigenvalue weighted by Crippen LogP contribution is -2.40. The standard InChI is InChI=1S/C26H28N2OS/c1-4-17-30-25-27-23-21-14-10-9-13-20(21)18-26(3,5-2)22(23)24(29)28(25)16-15-19-11-7-6-8-12-19/h4,6-14H,1,5,15-18H2,2-3H3/t26-/m0/s1. The van der Waals surface area contributed by atoms with Gasteiger partial charge in [-0.05, 0) is 30.4 Å². The van der Waals surface area contributed by atoms with Crippen molar-refractivity contribution >= 4 is 11.8 Å². The third kappa shape index (κ3) is 3.77. The molecule has 0 fully saturated rings. The van der Waals surface area contributed by atoms with Crippen LogP contribution in [0.3, 0.4) is 0 Å². The molecule has 4 rings (SSSR count). The summed E-state index contributed by atoms with van der Waals surface area (Å²) in [5, 5.41) is 0.782. The molecule has 0 radical (unpaired) electrons. The van der Waals surface area contributed by atoms with Gasteiger partial charge in [0.2, 0.25) is 0 Å². The van der Waals surface area contributed by atoms with Gasteiger partial charge >= 0.3 is 0 Å². The molecule has 0 saturated heterocycles. The smallest absolute Gasteiger partial charge is 0.258 e. The van der Waals surface area contributed by atoms with E-state index < -0.39 is 0 Å². The lowest BCUT2D eigenvalue weighted by atomic mass is 9.69. The molecule has 1 heterocycles. The molecule has 0 N–H and O–H groups in total. The Labute approximate surface area is 182 Å². The van der Waals surface area contributed by atoms with E-state index in [2.05, 4.69) is 50.8 Å². The highest BCUT2D eigenvalue weighted by Crippen LogP contribution is 2.42. The molecule has 30 heavy (non-hydrogen) atoms. The lowest BCUT2D eigenvalue weighted by Gasteiger charge is -2.35. The molecule has 4 heteroatoms. The van der Waals surface area contributed by atoms with E-state index >= 15 is 0 Å². The minimum atomic E-state index is -0.204. The molecule has 1 aliphatic carbocycles. The first kappa shape index (κ1) is 20.7. The summed E-state index contributed by atoms with van der Waals surface area (Å²) >= 11 is 1.59. The SMILES string of the molecule is C=CCSc1nc2c(c(=O)n1CCc1ccccc1)[C@@](C)(CC)Cc1ccccc1-2. The molecule has 0 spiro atoms. The lowest BCUT2D eigenvalue weighted by molar-refractivity contribution is 0.427. The van der Waals surface area contributed by atoms with Gasteiger partial charge in [-0.15, -0.1) is 6.58 Å². The Morgan fingerprint density at radius 2 is 1.90 bits per heavy atom. The predicted octanol–water partition coefficient (Wildman–Crippen LogP) is 5.65. The van der Waals surface area contributed by atoms with E-state index in [0.717, 1.165) is 47.0 Å². The van der Waals surface area contributed by atoms with Crippen LogP contribution in [0.25, 0.3) is 11.3 Å². The number of hydrogen-bond acceptors (Lipinski definition) is 3. The van der Waals surface area contributed by atoms with Gasteiger partial charge in [-0.1, -0.05) is 86.3 Å². The highest BCUT2D eigenvalue weighted by Gasteiger charge is 2.38. The molecule has 3 nitrogen and oxygen atoms in total. The minimum Gasteiger partial charge on any atom is -0.287 e. The molecule has 0 amide bonds. The number of rotatable bonds is 7. The van der Waals surface area contributed by atoms with Crippen LogP contribution < -0.4 is 5.56 Å². The Hall–Kier alpha value is -2.59. The van der Waals surface area contributed by atoms with Crippen molar-refractivity contribution in [3.63, 3.8) is 0 Å². The van der Waals surface area contributed by atoms with Crippen LogP contribution in [0.1, 0.15) is 37.0 Å². The minimum absolute atomic E-state index is 0.112. The van der Waals surface area contributed by atoms with Crippen molar-refractivity contribution < 1.29 is 0 Å².